The second-order valence-corrected chi connectivity index (χ2v) is 12.8. The second kappa shape index (κ2) is 7.45. The van der Waals surface area contributed by atoms with Crippen LogP contribution < -0.4 is 0 Å². The molecule has 1 heterocycles. The number of rotatable bonds is 3. The third-order valence-electron chi connectivity index (χ3n) is 9.49. The summed E-state index contributed by atoms with van der Waals surface area (Å²) in [5.74, 6) is 4.20. The van der Waals surface area contributed by atoms with Crippen molar-refractivity contribution in [2.45, 2.75) is 88.4 Å². The highest BCUT2D eigenvalue weighted by Gasteiger charge is 2.58. The molecule has 1 N–H and O–H groups in total. The van der Waals surface area contributed by atoms with Gasteiger partial charge in [0.1, 0.15) is 11.9 Å². The molecule has 0 aromatic carbocycles. The summed E-state index contributed by atoms with van der Waals surface area (Å²) < 4.78 is 15.1. The number of aliphatic hydroxyl groups is 1. The highest BCUT2D eigenvalue weighted by Crippen LogP contribution is 2.63. The molecule has 4 aliphatic carbocycles. The fraction of sp³-hybridized carbons (Fsp3) is 0.833. The molecule has 0 saturated heterocycles. The maximum absolute atomic E-state index is 13.4. The van der Waals surface area contributed by atoms with Gasteiger partial charge in [-0.3, -0.25) is 8.89 Å². The molecule has 1 unspecified atom stereocenters. The largest absolute Gasteiger partial charge is 0.390 e. The van der Waals surface area contributed by atoms with E-state index in [1.165, 1.54) is 38.5 Å². The smallest absolute Gasteiger partial charge is 0.116 e. The average molecular weight is 430 g/mol. The molecule has 1 aromatic heterocycles. The Bertz CT molecular complexity index is 874. The molecule has 1 aromatic rings. The number of aromatic nitrogens is 2. The van der Waals surface area contributed by atoms with E-state index in [-0.39, 0.29) is 10.7 Å². The molecule has 5 nitrogen and oxygen atoms in total. The van der Waals surface area contributed by atoms with Crippen LogP contribution in [0.4, 0.5) is 0 Å². The highest BCUT2D eigenvalue weighted by atomic mass is 32.2. The number of hydrogen-bond donors (Lipinski definition) is 1. The predicted octanol–water partition coefficient (Wildman–Crippen LogP) is 4.23. The van der Waals surface area contributed by atoms with Crippen LogP contribution in [0.15, 0.2) is 12.4 Å². The lowest BCUT2D eigenvalue weighted by molar-refractivity contribution is -0.0933. The van der Waals surface area contributed by atoms with E-state index in [4.69, 9.17) is 5.26 Å². The lowest BCUT2D eigenvalue weighted by atomic mass is 9.50. The molecule has 164 valence electrons. The Kier molecular flexibility index (Phi) is 5.14. The molecule has 4 fully saturated rings. The summed E-state index contributed by atoms with van der Waals surface area (Å²) in [6.45, 7) is 4.45. The van der Waals surface area contributed by atoms with Gasteiger partial charge in [-0.15, -0.1) is 0 Å². The van der Waals surface area contributed by atoms with Gasteiger partial charge < -0.3 is 5.11 Å². The van der Waals surface area contributed by atoms with E-state index < -0.39 is 16.4 Å². The molecule has 4 aliphatic rings. The SMILES string of the molecule is C[C@@]1(O)CC[C@H]2[C@H](CC[C@@H]3[C@@H]2CC[C@@]2(C)[C@H]3CC[C@H]2S(=O)Cn2cc(C#N)cn2)C1. The zero-order valence-electron chi connectivity index (χ0n) is 18.3. The Hall–Kier alpha value is -1.19. The van der Waals surface area contributed by atoms with Crippen LogP contribution in [-0.2, 0) is 16.7 Å². The summed E-state index contributed by atoms with van der Waals surface area (Å²) in [4.78, 5) is 0. The summed E-state index contributed by atoms with van der Waals surface area (Å²) >= 11 is 0. The minimum Gasteiger partial charge on any atom is -0.390 e. The molecule has 0 radical (unpaired) electrons. The Morgan fingerprint density at radius 1 is 1.17 bits per heavy atom. The van der Waals surface area contributed by atoms with Gasteiger partial charge in [-0.25, -0.2) is 0 Å². The Morgan fingerprint density at radius 3 is 2.73 bits per heavy atom. The van der Waals surface area contributed by atoms with Gasteiger partial charge in [-0.2, -0.15) is 10.4 Å². The van der Waals surface area contributed by atoms with Gasteiger partial charge in [0.25, 0.3) is 0 Å². The quantitative estimate of drug-likeness (QED) is 0.780. The number of nitriles is 1. The van der Waals surface area contributed by atoms with Crippen molar-refractivity contribution in [3.05, 3.63) is 18.0 Å². The van der Waals surface area contributed by atoms with Crippen LogP contribution in [0.1, 0.15) is 77.2 Å². The maximum Gasteiger partial charge on any atom is 0.116 e. The highest BCUT2D eigenvalue weighted by molar-refractivity contribution is 7.84. The van der Waals surface area contributed by atoms with E-state index in [0.717, 1.165) is 37.0 Å². The minimum absolute atomic E-state index is 0.171. The molecule has 5 rings (SSSR count). The van der Waals surface area contributed by atoms with Gasteiger partial charge in [-0.05, 0) is 99.7 Å². The standard InChI is InChI=1S/C24H35N3O2S/c1-23(28)9-7-18-17(11-23)3-4-20-19(18)8-10-24(2)21(20)5-6-22(24)30(29)15-27-14-16(12-25)13-26-27/h13-14,17-22,28H,3-11,15H2,1-2H3/t17-,18+,19-,20-,21+,22-,23-,24+,30?/m1/s1. The summed E-state index contributed by atoms with van der Waals surface area (Å²) in [5.41, 5.74) is 0.251. The van der Waals surface area contributed by atoms with Crippen molar-refractivity contribution in [3.8, 4) is 6.07 Å². The Morgan fingerprint density at radius 2 is 1.97 bits per heavy atom. The van der Waals surface area contributed by atoms with E-state index >= 15 is 0 Å². The topological polar surface area (TPSA) is 78.9 Å². The second-order valence-electron chi connectivity index (χ2n) is 11.2. The van der Waals surface area contributed by atoms with Crippen LogP contribution in [0.25, 0.3) is 0 Å². The van der Waals surface area contributed by atoms with Gasteiger partial charge in [0.05, 0.1) is 17.4 Å². The van der Waals surface area contributed by atoms with Crippen molar-refractivity contribution < 1.29 is 9.32 Å². The first kappa shape index (κ1) is 20.7. The van der Waals surface area contributed by atoms with Crippen molar-refractivity contribution in [3.63, 3.8) is 0 Å². The third kappa shape index (κ3) is 3.37. The summed E-state index contributed by atoms with van der Waals surface area (Å²) in [6.07, 6.45) is 13.7. The normalized spacial score (nSPS) is 46.3. The van der Waals surface area contributed by atoms with Crippen LogP contribution >= 0.6 is 0 Å². The molecule has 0 aliphatic heterocycles. The minimum atomic E-state index is -0.965. The molecule has 0 amide bonds. The number of fused-ring (bicyclic) bond motifs is 5. The zero-order chi connectivity index (χ0) is 21.1. The van der Waals surface area contributed by atoms with E-state index in [9.17, 15) is 9.32 Å². The molecule has 0 bridgehead atoms. The fourth-order valence-electron chi connectivity index (χ4n) is 8.18. The first-order valence-electron chi connectivity index (χ1n) is 11.8. The average Bonchev–Trinajstić information content (AvgIpc) is 3.30. The molecular formula is C24H35N3O2S. The lowest BCUT2D eigenvalue weighted by Gasteiger charge is -2.56. The van der Waals surface area contributed by atoms with Crippen LogP contribution in [0.2, 0.25) is 0 Å². The molecule has 30 heavy (non-hydrogen) atoms. The Balaban J connectivity index is 1.30. The van der Waals surface area contributed by atoms with E-state index in [2.05, 4.69) is 18.1 Å². The number of hydrogen-bond acceptors (Lipinski definition) is 4. The first-order valence-corrected chi connectivity index (χ1v) is 13.2. The van der Waals surface area contributed by atoms with E-state index in [1.807, 2.05) is 6.92 Å². The monoisotopic (exact) mass is 429 g/mol. The fourth-order valence-corrected chi connectivity index (χ4v) is 10.1. The summed E-state index contributed by atoms with van der Waals surface area (Å²) in [7, 11) is -0.965. The van der Waals surface area contributed by atoms with Crippen LogP contribution in [0.5, 0.6) is 0 Å². The first-order chi connectivity index (χ1) is 14.3. The molecule has 6 heteroatoms. The van der Waals surface area contributed by atoms with Crippen molar-refractivity contribution in [1.82, 2.24) is 9.78 Å². The lowest BCUT2D eigenvalue weighted by Crippen LogP contribution is -2.51. The zero-order valence-corrected chi connectivity index (χ0v) is 19.1. The van der Waals surface area contributed by atoms with E-state index in [1.54, 1.807) is 17.1 Å². The van der Waals surface area contributed by atoms with Crippen LogP contribution in [-0.4, -0.2) is 29.9 Å². The third-order valence-corrected chi connectivity index (χ3v) is 11.4. The van der Waals surface area contributed by atoms with Crippen LogP contribution in [0, 0.1) is 46.3 Å². The maximum atomic E-state index is 13.4. The van der Waals surface area contributed by atoms with Crippen molar-refractivity contribution in [2.24, 2.45) is 35.0 Å². The summed E-state index contributed by atoms with van der Waals surface area (Å²) in [6, 6.07) is 2.10. The van der Waals surface area contributed by atoms with Gasteiger partial charge in [0.15, 0.2) is 0 Å². The van der Waals surface area contributed by atoms with Gasteiger partial charge >= 0.3 is 0 Å². The summed E-state index contributed by atoms with van der Waals surface area (Å²) in [5, 5.41) is 24.1. The number of nitrogens with zero attached hydrogens (tertiary/aromatic N) is 3. The van der Waals surface area contributed by atoms with Gasteiger partial charge in [-0.1, -0.05) is 6.92 Å². The van der Waals surface area contributed by atoms with Crippen molar-refractivity contribution in [2.75, 3.05) is 0 Å². The van der Waals surface area contributed by atoms with Gasteiger partial charge in [0, 0.05) is 22.2 Å². The molecule has 0 spiro atoms. The Labute approximate surface area is 182 Å². The molecule has 9 atom stereocenters. The van der Waals surface area contributed by atoms with Crippen molar-refractivity contribution in [1.29, 1.82) is 5.26 Å². The van der Waals surface area contributed by atoms with E-state index in [0.29, 0.717) is 23.3 Å². The van der Waals surface area contributed by atoms with Crippen molar-refractivity contribution >= 4 is 10.8 Å². The van der Waals surface area contributed by atoms with Gasteiger partial charge in [0.2, 0.25) is 0 Å². The predicted molar refractivity (Wildman–Crippen MR) is 117 cm³/mol. The molecular weight excluding hydrogens is 394 g/mol. The molecule has 4 saturated carbocycles. The van der Waals surface area contributed by atoms with Crippen LogP contribution in [0.3, 0.4) is 0 Å².